The topological polar surface area (TPSA) is 55.3 Å². The van der Waals surface area contributed by atoms with Gasteiger partial charge in [0.15, 0.2) is 0 Å². The van der Waals surface area contributed by atoms with Crippen LogP contribution in [0.5, 0.6) is 0 Å². The van der Waals surface area contributed by atoms with Gasteiger partial charge in [0.05, 0.1) is 24.8 Å². The second-order valence-corrected chi connectivity index (χ2v) is 5.57. The largest absolute Gasteiger partial charge is 0.472 e. The molecule has 2 aromatic heterocycles. The molecule has 0 bridgehead atoms. The van der Waals surface area contributed by atoms with Crippen molar-refractivity contribution >= 4 is 0 Å². The van der Waals surface area contributed by atoms with Crippen LogP contribution < -0.4 is 0 Å². The number of alkyl halides is 3. The zero-order chi connectivity index (χ0) is 15.6. The third kappa shape index (κ3) is 4.33. The third-order valence-electron chi connectivity index (χ3n) is 3.53. The maximum absolute atomic E-state index is 12.4. The molecule has 0 spiro atoms. The van der Waals surface area contributed by atoms with Crippen molar-refractivity contribution in [2.45, 2.75) is 32.0 Å². The number of hydrogen-bond acceptors (Lipinski definition) is 5. The fraction of sp³-hybridized carbons (Fsp3) is 0.571. The van der Waals surface area contributed by atoms with E-state index in [-0.39, 0.29) is 13.1 Å². The van der Waals surface area contributed by atoms with Gasteiger partial charge in [-0.2, -0.15) is 18.2 Å². The predicted octanol–water partition coefficient (Wildman–Crippen LogP) is 3.49. The molecule has 0 unspecified atom stereocenters. The van der Waals surface area contributed by atoms with Gasteiger partial charge in [0.2, 0.25) is 11.7 Å². The lowest BCUT2D eigenvalue weighted by molar-refractivity contribution is -0.138. The fourth-order valence-electron chi connectivity index (χ4n) is 2.20. The van der Waals surface area contributed by atoms with Gasteiger partial charge in [-0.05, 0) is 24.8 Å². The van der Waals surface area contributed by atoms with Crippen LogP contribution in [0, 0.1) is 5.92 Å². The minimum Gasteiger partial charge on any atom is -0.472 e. The molecule has 22 heavy (non-hydrogen) atoms. The first-order valence-corrected chi connectivity index (χ1v) is 7.14. The number of halogens is 3. The van der Waals surface area contributed by atoms with E-state index in [9.17, 15) is 13.2 Å². The summed E-state index contributed by atoms with van der Waals surface area (Å²) in [5, 5.41) is 3.82. The Labute approximate surface area is 125 Å². The fourth-order valence-corrected chi connectivity index (χ4v) is 2.20. The van der Waals surface area contributed by atoms with Crippen LogP contribution in [0.4, 0.5) is 13.2 Å². The van der Waals surface area contributed by atoms with Gasteiger partial charge in [0.1, 0.15) is 6.26 Å². The first kappa shape index (κ1) is 15.1. The van der Waals surface area contributed by atoms with Gasteiger partial charge >= 0.3 is 6.18 Å². The van der Waals surface area contributed by atoms with Gasteiger partial charge < -0.3 is 8.94 Å². The van der Waals surface area contributed by atoms with Gasteiger partial charge in [-0.1, -0.05) is 5.16 Å². The standard InChI is InChI=1S/C14H16F3N3O2/c15-14(16,17)4-5-20(7-10-1-2-10)8-12-18-13(19-22-12)11-3-6-21-9-11/h3,6,9-10H,1-2,4-5,7-8H2. The number of furan rings is 1. The molecule has 0 atom stereocenters. The van der Waals surface area contributed by atoms with E-state index < -0.39 is 12.6 Å². The summed E-state index contributed by atoms with van der Waals surface area (Å²) < 4.78 is 47.3. The molecule has 8 heteroatoms. The Bertz CT molecular complexity index is 591. The van der Waals surface area contributed by atoms with E-state index in [1.807, 2.05) is 0 Å². The molecule has 120 valence electrons. The lowest BCUT2D eigenvalue weighted by Crippen LogP contribution is -2.30. The Morgan fingerprint density at radius 3 is 2.77 bits per heavy atom. The van der Waals surface area contributed by atoms with Gasteiger partial charge in [0.25, 0.3) is 0 Å². The summed E-state index contributed by atoms with van der Waals surface area (Å²) in [5.41, 5.74) is 0.680. The first-order chi connectivity index (χ1) is 10.5. The number of aromatic nitrogens is 2. The molecule has 0 radical (unpaired) electrons. The Morgan fingerprint density at radius 1 is 1.32 bits per heavy atom. The molecule has 3 rings (SSSR count). The van der Waals surface area contributed by atoms with E-state index >= 15 is 0 Å². The van der Waals surface area contributed by atoms with Gasteiger partial charge in [-0.25, -0.2) is 0 Å². The highest BCUT2D eigenvalue weighted by Gasteiger charge is 2.30. The van der Waals surface area contributed by atoms with E-state index in [1.54, 1.807) is 11.0 Å². The van der Waals surface area contributed by atoms with Crippen LogP contribution in [0.3, 0.4) is 0 Å². The summed E-state index contributed by atoms with van der Waals surface area (Å²) in [6, 6.07) is 1.69. The molecule has 2 heterocycles. The molecule has 1 saturated carbocycles. The van der Waals surface area contributed by atoms with Crippen LogP contribution in [0.2, 0.25) is 0 Å². The Kier molecular flexibility index (Phi) is 4.19. The van der Waals surface area contributed by atoms with Crippen molar-refractivity contribution in [3.05, 3.63) is 24.5 Å². The summed E-state index contributed by atoms with van der Waals surface area (Å²) in [6.45, 7) is 0.820. The molecular weight excluding hydrogens is 299 g/mol. The zero-order valence-corrected chi connectivity index (χ0v) is 11.8. The smallest absolute Gasteiger partial charge is 0.390 e. The monoisotopic (exact) mass is 315 g/mol. The summed E-state index contributed by atoms with van der Waals surface area (Å²) in [6.07, 6.45) is 0.147. The number of hydrogen-bond donors (Lipinski definition) is 0. The Hall–Kier alpha value is -1.83. The predicted molar refractivity (Wildman–Crippen MR) is 70.7 cm³/mol. The van der Waals surface area contributed by atoms with Gasteiger partial charge in [0, 0.05) is 13.1 Å². The molecule has 0 aliphatic heterocycles. The van der Waals surface area contributed by atoms with E-state index in [4.69, 9.17) is 8.94 Å². The molecule has 1 aliphatic rings. The van der Waals surface area contributed by atoms with E-state index in [0.717, 1.165) is 12.8 Å². The molecule has 5 nitrogen and oxygen atoms in total. The summed E-state index contributed by atoms with van der Waals surface area (Å²) >= 11 is 0. The lowest BCUT2D eigenvalue weighted by atomic mass is 10.3. The molecule has 0 saturated heterocycles. The average Bonchev–Trinajstić information content (AvgIpc) is 2.93. The SMILES string of the molecule is FC(F)(F)CCN(Cc1nc(-c2ccoc2)no1)CC1CC1. The van der Waals surface area contributed by atoms with Crippen molar-refractivity contribution in [3.63, 3.8) is 0 Å². The lowest BCUT2D eigenvalue weighted by Gasteiger charge is -2.20. The normalized spacial score (nSPS) is 15.6. The summed E-state index contributed by atoms with van der Waals surface area (Å²) in [4.78, 5) is 5.94. The maximum atomic E-state index is 12.4. The van der Waals surface area contributed by atoms with Crippen molar-refractivity contribution in [3.8, 4) is 11.4 Å². The first-order valence-electron chi connectivity index (χ1n) is 7.14. The van der Waals surface area contributed by atoms with Crippen molar-refractivity contribution < 1.29 is 22.1 Å². The molecule has 2 aromatic rings. The molecule has 0 N–H and O–H groups in total. The van der Waals surface area contributed by atoms with Crippen LogP contribution in [0.25, 0.3) is 11.4 Å². The van der Waals surface area contributed by atoms with Crippen LogP contribution in [-0.4, -0.2) is 34.3 Å². The highest BCUT2D eigenvalue weighted by molar-refractivity contribution is 5.51. The van der Waals surface area contributed by atoms with Gasteiger partial charge in [-0.15, -0.1) is 0 Å². The summed E-state index contributed by atoms with van der Waals surface area (Å²) in [7, 11) is 0. The van der Waals surface area contributed by atoms with E-state index in [1.165, 1.54) is 12.5 Å². The van der Waals surface area contributed by atoms with Crippen LogP contribution in [0.1, 0.15) is 25.2 Å². The molecule has 1 aliphatic carbocycles. The van der Waals surface area contributed by atoms with Crippen LogP contribution in [-0.2, 0) is 6.54 Å². The zero-order valence-electron chi connectivity index (χ0n) is 11.8. The van der Waals surface area contributed by atoms with E-state index in [0.29, 0.717) is 29.7 Å². The molecular formula is C14H16F3N3O2. The minimum atomic E-state index is -4.15. The number of nitrogens with zero attached hydrogens (tertiary/aromatic N) is 3. The summed E-state index contributed by atoms with van der Waals surface area (Å²) in [5.74, 6) is 1.19. The highest BCUT2D eigenvalue weighted by Crippen LogP contribution is 2.31. The Balaban J connectivity index is 1.62. The quantitative estimate of drug-likeness (QED) is 0.783. The third-order valence-corrected chi connectivity index (χ3v) is 3.53. The highest BCUT2D eigenvalue weighted by atomic mass is 19.4. The van der Waals surface area contributed by atoms with E-state index in [2.05, 4.69) is 10.1 Å². The Morgan fingerprint density at radius 2 is 2.14 bits per heavy atom. The van der Waals surface area contributed by atoms with Crippen molar-refractivity contribution in [2.24, 2.45) is 5.92 Å². The average molecular weight is 315 g/mol. The minimum absolute atomic E-state index is 0.0522. The maximum Gasteiger partial charge on any atom is 0.390 e. The molecule has 0 amide bonds. The van der Waals surface area contributed by atoms with Gasteiger partial charge in [-0.3, -0.25) is 4.90 Å². The van der Waals surface area contributed by atoms with Crippen molar-refractivity contribution in [1.29, 1.82) is 0 Å². The second-order valence-electron chi connectivity index (χ2n) is 5.57. The molecule has 1 fully saturated rings. The van der Waals surface area contributed by atoms with Crippen molar-refractivity contribution in [1.82, 2.24) is 15.0 Å². The van der Waals surface area contributed by atoms with Crippen LogP contribution >= 0.6 is 0 Å². The second kappa shape index (κ2) is 6.12. The number of rotatable bonds is 7. The molecule has 0 aromatic carbocycles. The van der Waals surface area contributed by atoms with Crippen molar-refractivity contribution in [2.75, 3.05) is 13.1 Å². The van der Waals surface area contributed by atoms with Crippen LogP contribution in [0.15, 0.2) is 27.5 Å².